The van der Waals surface area contributed by atoms with Crippen LogP contribution in [-0.2, 0) is 12.1 Å². The molecule has 3 aromatic heterocycles. The molecule has 4 rings (SSSR count). The van der Waals surface area contributed by atoms with E-state index in [2.05, 4.69) is 24.4 Å². The highest BCUT2D eigenvalue weighted by Gasteiger charge is 2.40. The van der Waals surface area contributed by atoms with Crippen LogP contribution in [-0.4, -0.2) is 39.5 Å². The molecule has 0 saturated carbocycles. The third-order valence-electron chi connectivity index (χ3n) is 4.52. The second-order valence-electron chi connectivity index (χ2n) is 6.50. The fraction of sp³-hybridized carbons (Fsp3) is 0.211. The van der Waals surface area contributed by atoms with Crippen LogP contribution < -0.4 is 0 Å². The molecule has 1 aromatic carbocycles. The summed E-state index contributed by atoms with van der Waals surface area (Å²) in [6.07, 6.45) is 4.40. The summed E-state index contributed by atoms with van der Waals surface area (Å²) in [5, 5.41) is 15.0. The van der Waals surface area contributed by atoms with E-state index >= 15 is 0 Å². The molecule has 2 atom stereocenters. The normalized spacial score (nSPS) is 14.4. The SMILES string of the molecule is CC(Sc1nc(-c2ccccn2)ns1)C(O)(Cn1cncn1)c1ccc(F)cc1F. The number of rotatable bonds is 7. The summed E-state index contributed by atoms with van der Waals surface area (Å²) in [5.41, 5.74) is -1.11. The second-order valence-corrected chi connectivity index (χ2v) is 8.84. The van der Waals surface area contributed by atoms with Crippen molar-refractivity contribution in [3.8, 4) is 11.5 Å². The van der Waals surface area contributed by atoms with E-state index in [-0.39, 0.29) is 12.1 Å². The van der Waals surface area contributed by atoms with E-state index in [9.17, 15) is 13.9 Å². The van der Waals surface area contributed by atoms with Crippen LogP contribution in [0, 0.1) is 11.6 Å². The molecule has 0 saturated heterocycles. The van der Waals surface area contributed by atoms with Crippen molar-refractivity contribution in [3.63, 3.8) is 0 Å². The smallest absolute Gasteiger partial charge is 0.192 e. The lowest BCUT2D eigenvalue weighted by molar-refractivity contribution is 0.0133. The van der Waals surface area contributed by atoms with Crippen molar-refractivity contribution in [1.29, 1.82) is 0 Å². The lowest BCUT2D eigenvalue weighted by atomic mass is 9.90. The molecule has 0 bridgehead atoms. The zero-order valence-electron chi connectivity index (χ0n) is 15.7. The van der Waals surface area contributed by atoms with E-state index in [0.717, 1.165) is 23.7 Å². The molecule has 154 valence electrons. The van der Waals surface area contributed by atoms with Gasteiger partial charge < -0.3 is 5.11 Å². The minimum atomic E-state index is -1.72. The van der Waals surface area contributed by atoms with E-state index in [1.54, 1.807) is 25.3 Å². The Morgan fingerprint density at radius 1 is 1.27 bits per heavy atom. The van der Waals surface area contributed by atoms with E-state index in [1.165, 1.54) is 35.2 Å². The van der Waals surface area contributed by atoms with Crippen LogP contribution in [0.2, 0.25) is 0 Å². The van der Waals surface area contributed by atoms with Crippen molar-refractivity contribution in [3.05, 3.63) is 72.4 Å². The van der Waals surface area contributed by atoms with Gasteiger partial charge in [-0.15, -0.1) is 0 Å². The molecule has 0 aliphatic carbocycles. The van der Waals surface area contributed by atoms with Crippen LogP contribution in [0.5, 0.6) is 0 Å². The number of hydrogen-bond acceptors (Lipinski definition) is 8. The minimum absolute atomic E-state index is 0.0335. The maximum absolute atomic E-state index is 14.6. The molecule has 1 N–H and O–H groups in total. The van der Waals surface area contributed by atoms with Crippen LogP contribution in [0.4, 0.5) is 8.78 Å². The lowest BCUT2D eigenvalue weighted by Gasteiger charge is -2.33. The third-order valence-corrected chi connectivity index (χ3v) is 6.58. The second kappa shape index (κ2) is 8.54. The van der Waals surface area contributed by atoms with Gasteiger partial charge in [0.2, 0.25) is 0 Å². The van der Waals surface area contributed by atoms with Crippen LogP contribution >= 0.6 is 23.3 Å². The number of hydrogen-bond donors (Lipinski definition) is 1. The summed E-state index contributed by atoms with van der Waals surface area (Å²) in [6.45, 7) is 1.67. The Balaban J connectivity index is 1.64. The molecule has 0 fully saturated rings. The van der Waals surface area contributed by atoms with Gasteiger partial charge in [0, 0.05) is 23.1 Å². The number of benzene rings is 1. The van der Waals surface area contributed by atoms with Gasteiger partial charge >= 0.3 is 0 Å². The van der Waals surface area contributed by atoms with Crippen LogP contribution in [0.1, 0.15) is 12.5 Å². The number of halogens is 2. The molecule has 0 radical (unpaired) electrons. The Morgan fingerprint density at radius 3 is 2.83 bits per heavy atom. The van der Waals surface area contributed by atoms with Gasteiger partial charge in [-0.1, -0.05) is 23.9 Å². The average Bonchev–Trinajstić information content (AvgIpc) is 3.40. The highest BCUT2D eigenvalue weighted by molar-refractivity contribution is 8.01. The summed E-state index contributed by atoms with van der Waals surface area (Å²) >= 11 is 2.40. The molecule has 4 aromatic rings. The van der Waals surface area contributed by atoms with Crippen LogP contribution in [0.15, 0.2) is 59.6 Å². The topological polar surface area (TPSA) is 89.6 Å². The summed E-state index contributed by atoms with van der Waals surface area (Å²) in [4.78, 5) is 12.6. The largest absolute Gasteiger partial charge is 0.382 e. The van der Waals surface area contributed by atoms with Crippen molar-refractivity contribution < 1.29 is 13.9 Å². The van der Waals surface area contributed by atoms with Crippen molar-refractivity contribution >= 4 is 23.3 Å². The first-order chi connectivity index (χ1) is 14.5. The molecule has 3 heterocycles. The first-order valence-corrected chi connectivity index (χ1v) is 10.5. The Labute approximate surface area is 179 Å². The number of aliphatic hydroxyl groups is 1. The minimum Gasteiger partial charge on any atom is -0.382 e. The monoisotopic (exact) mass is 446 g/mol. The number of pyridine rings is 1. The predicted molar refractivity (Wildman–Crippen MR) is 109 cm³/mol. The van der Waals surface area contributed by atoms with Gasteiger partial charge in [-0.3, -0.25) is 4.98 Å². The Kier molecular flexibility index (Phi) is 5.84. The van der Waals surface area contributed by atoms with E-state index in [1.807, 2.05) is 6.07 Å². The average molecular weight is 447 g/mol. The molecular formula is C19H16F2N6OS2. The molecule has 0 spiro atoms. The third kappa shape index (κ3) is 4.23. The molecule has 7 nitrogen and oxygen atoms in total. The van der Waals surface area contributed by atoms with Gasteiger partial charge in [0.15, 0.2) is 10.2 Å². The zero-order chi connectivity index (χ0) is 21.1. The van der Waals surface area contributed by atoms with Crippen molar-refractivity contribution in [1.82, 2.24) is 29.1 Å². The standard InChI is InChI=1S/C19H16F2N6OS2/c1-12(29-18-25-17(26-30-18)16-4-2-3-7-23-16)19(28,9-27-11-22-10-24-27)14-6-5-13(20)8-15(14)21/h2-8,10-12,28H,9H2,1H3. The van der Waals surface area contributed by atoms with E-state index in [4.69, 9.17) is 0 Å². The summed E-state index contributed by atoms with van der Waals surface area (Å²) in [7, 11) is 0. The fourth-order valence-corrected chi connectivity index (χ4v) is 4.92. The van der Waals surface area contributed by atoms with Gasteiger partial charge in [0.25, 0.3) is 0 Å². The quantitative estimate of drug-likeness (QED) is 0.434. The molecule has 0 amide bonds. The number of thioether (sulfide) groups is 1. The van der Waals surface area contributed by atoms with Gasteiger partial charge in [0.05, 0.1) is 6.54 Å². The maximum atomic E-state index is 14.6. The first-order valence-electron chi connectivity index (χ1n) is 8.88. The maximum Gasteiger partial charge on any atom is 0.192 e. The number of nitrogens with zero attached hydrogens (tertiary/aromatic N) is 6. The highest BCUT2D eigenvalue weighted by atomic mass is 32.2. The molecule has 0 aliphatic rings. The van der Waals surface area contributed by atoms with Crippen molar-refractivity contribution in [2.75, 3.05) is 0 Å². The number of aromatic nitrogens is 6. The first kappa shape index (κ1) is 20.5. The molecule has 30 heavy (non-hydrogen) atoms. The summed E-state index contributed by atoms with van der Waals surface area (Å²) in [6, 6.07) is 8.56. The van der Waals surface area contributed by atoms with E-state index in [0.29, 0.717) is 15.9 Å². The Morgan fingerprint density at radius 2 is 2.13 bits per heavy atom. The molecular weight excluding hydrogens is 430 g/mol. The molecule has 0 aliphatic heterocycles. The Bertz CT molecular complexity index is 1130. The predicted octanol–water partition coefficient (Wildman–Crippen LogP) is 3.54. The van der Waals surface area contributed by atoms with Crippen molar-refractivity contribution in [2.45, 2.75) is 28.7 Å². The summed E-state index contributed by atoms with van der Waals surface area (Å²) < 4.78 is 34.4. The van der Waals surface area contributed by atoms with Crippen LogP contribution in [0.3, 0.4) is 0 Å². The zero-order valence-corrected chi connectivity index (χ0v) is 17.3. The lowest BCUT2D eigenvalue weighted by Crippen LogP contribution is -2.41. The van der Waals surface area contributed by atoms with Gasteiger partial charge in [-0.05, 0) is 36.7 Å². The van der Waals surface area contributed by atoms with E-state index < -0.39 is 22.5 Å². The Hall–Kier alpha value is -2.76. The molecule has 11 heteroatoms. The van der Waals surface area contributed by atoms with Gasteiger partial charge in [-0.25, -0.2) is 23.4 Å². The summed E-state index contributed by atoms with van der Waals surface area (Å²) in [5.74, 6) is -1.08. The fourth-order valence-electron chi connectivity index (χ4n) is 2.94. The van der Waals surface area contributed by atoms with Gasteiger partial charge in [-0.2, -0.15) is 9.47 Å². The highest BCUT2D eigenvalue weighted by Crippen LogP contribution is 2.40. The van der Waals surface area contributed by atoms with Crippen LogP contribution in [0.25, 0.3) is 11.5 Å². The van der Waals surface area contributed by atoms with Gasteiger partial charge in [0.1, 0.15) is 35.6 Å². The molecule has 2 unspecified atom stereocenters. The van der Waals surface area contributed by atoms with Crippen molar-refractivity contribution in [2.24, 2.45) is 0 Å².